The second-order valence-electron chi connectivity index (χ2n) is 6.06. The maximum Gasteiger partial charge on any atom is 0.253 e. The topological polar surface area (TPSA) is 76.7 Å². The number of carbonyl (C=O) groups excluding carboxylic acids is 2. The number of amides is 2. The lowest BCUT2D eigenvalue weighted by Crippen LogP contribution is -2.44. The van der Waals surface area contributed by atoms with Crippen molar-refractivity contribution in [3.8, 4) is 11.5 Å². The summed E-state index contributed by atoms with van der Waals surface area (Å²) in [5, 5.41) is 6.12. The number of ether oxygens (including phenoxy) is 2. The van der Waals surface area contributed by atoms with E-state index in [0.29, 0.717) is 23.1 Å². The van der Waals surface area contributed by atoms with E-state index in [4.69, 9.17) is 44.3 Å². The van der Waals surface area contributed by atoms with E-state index in [2.05, 4.69) is 10.6 Å². The van der Waals surface area contributed by atoms with Gasteiger partial charge in [-0.25, -0.2) is 0 Å². The first-order valence-electron chi connectivity index (χ1n) is 8.80. The second kappa shape index (κ2) is 10.6. The van der Waals surface area contributed by atoms with Gasteiger partial charge in [-0.15, -0.1) is 0 Å². The summed E-state index contributed by atoms with van der Waals surface area (Å²) in [5.41, 5.74) is 0.918. The predicted molar refractivity (Wildman–Crippen MR) is 114 cm³/mol. The molecule has 9 heteroatoms. The van der Waals surface area contributed by atoms with Crippen molar-refractivity contribution in [2.45, 2.75) is 26.4 Å². The molecule has 0 aliphatic carbocycles. The molecule has 0 saturated heterocycles. The number of benzene rings is 2. The Hall–Kier alpha value is -2.15. The quantitative estimate of drug-likeness (QED) is 0.610. The molecular formula is C20H21Cl3N2O4. The molecule has 29 heavy (non-hydrogen) atoms. The van der Waals surface area contributed by atoms with E-state index in [-0.39, 0.29) is 28.1 Å². The van der Waals surface area contributed by atoms with Crippen LogP contribution in [0.15, 0.2) is 30.3 Å². The molecular weight excluding hydrogens is 439 g/mol. The number of nitrogens with one attached hydrogen (secondary N) is 2. The summed E-state index contributed by atoms with van der Waals surface area (Å²) < 4.78 is 10.8. The van der Waals surface area contributed by atoms with E-state index >= 15 is 0 Å². The van der Waals surface area contributed by atoms with E-state index in [9.17, 15) is 9.59 Å². The molecule has 0 aliphatic heterocycles. The van der Waals surface area contributed by atoms with Crippen molar-refractivity contribution < 1.29 is 19.1 Å². The van der Waals surface area contributed by atoms with Crippen molar-refractivity contribution in [1.29, 1.82) is 0 Å². The number of hydrogen-bond acceptors (Lipinski definition) is 4. The van der Waals surface area contributed by atoms with Crippen molar-refractivity contribution >= 4 is 46.6 Å². The van der Waals surface area contributed by atoms with Crippen molar-refractivity contribution in [3.05, 3.63) is 56.5 Å². The van der Waals surface area contributed by atoms with Gasteiger partial charge in [0.2, 0.25) is 5.91 Å². The number of carbonyl (C=O) groups is 2. The Morgan fingerprint density at radius 2 is 1.86 bits per heavy atom. The molecule has 0 spiro atoms. The molecule has 0 radical (unpaired) electrons. The van der Waals surface area contributed by atoms with Crippen molar-refractivity contribution in [2.24, 2.45) is 0 Å². The normalized spacial score (nSPS) is 11.5. The highest BCUT2D eigenvalue weighted by Crippen LogP contribution is 2.36. The summed E-state index contributed by atoms with van der Waals surface area (Å²) in [4.78, 5) is 24.7. The standard InChI is InChI=1S/C20H21Cl3N2O4/c1-4-29-18-15(22)8-12(9-16(18)28-3)10-24-19(26)11(2)25-20(27)13-6-5-7-14(21)17(13)23/h5-9,11H,4,10H2,1-3H3,(H,24,26)(H,25,27). The van der Waals surface area contributed by atoms with Crippen LogP contribution in [0.4, 0.5) is 0 Å². The van der Waals surface area contributed by atoms with Gasteiger partial charge in [0.05, 0.1) is 34.3 Å². The monoisotopic (exact) mass is 458 g/mol. The fourth-order valence-corrected chi connectivity index (χ4v) is 3.20. The Morgan fingerprint density at radius 3 is 2.52 bits per heavy atom. The van der Waals surface area contributed by atoms with Gasteiger partial charge in [-0.1, -0.05) is 40.9 Å². The molecule has 0 bridgehead atoms. The Morgan fingerprint density at radius 1 is 1.14 bits per heavy atom. The van der Waals surface area contributed by atoms with Crippen LogP contribution in [0.25, 0.3) is 0 Å². The molecule has 2 rings (SSSR count). The van der Waals surface area contributed by atoms with E-state index < -0.39 is 11.9 Å². The van der Waals surface area contributed by atoms with Crippen LogP contribution in [-0.2, 0) is 11.3 Å². The van der Waals surface area contributed by atoms with E-state index in [1.165, 1.54) is 13.2 Å². The maximum absolute atomic E-state index is 12.4. The van der Waals surface area contributed by atoms with Crippen LogP contribution >= 0.6 is 34.8 Å². The lowest BCUT2D eigenvalue weighted by molar-refractivity contribution is -0.122. The van der Waals surface area contributed by atoms with Gasteiger partial charge in [0.15, 0.2) is 11.5 Å². The molecule has 0 heterocycles. The average Bonchev–Trinajstić information content (AvgIpc) is 2.69. The Bertz CT molecular complexity index is 906. The van der Waals surface area contributed by atoms with E-state index in [1.54, 1.807) is 31.2 Å². The zero-order valence-corrected chi connectivity index (χ0v) is 18.4. The molecule has 2 N–H and O–H groups in total. The third-order valence-electron chi connectivity index (χ3n) is 3.98. The van der Waals surface area contributed by atoms with Gasteiger partial charge < -0.3 is 20.1 Å². The molecule has 2 aromatic carbocycles. The summed E-state index contributed by atoms with van der Waals surface area (Å²) in [6.45, 7) is 4.05. The third kappa shape index (κ3) is 5.92. The fourth-order valence-electron chi connectivity index (χ4n) is 2.52. The van der Waals surface area contributed by atoms with Crippen LogP contribution in [0.1, 0.15) is 29.8 Å². The minimum absolute atomic E-state index is 0.135. The van der Waals surface area contributed by atoms with Crippen molar-refractivity contribution in [2.75, 3.05) is 13.7 Å². The smallest absolute Gasteiger partial charge is 0.253 e. The number of rotatable bonds is 8. The Balaban J connectivity index is 2.00. The van der Waals surface area contributed by atoms with Crippen LogP contribution < -0.4 is 20.1 Å². The Labute approximate surface area is 184 Å². The van der Waals surface area contributed by atoms with Crippen LogP contribution in [0.5, 0.6) is 11.5 Å². The van der Waals surface area contributed by atoms with Crippen LogP contribution in [0, 0.1) is 0 Å². The van der Waals surface area contributed by atoms with Gasteiger partial charge in [-0.05, 0) is 43.7 Å². The lowest BCUT2D eigenvalue weighted by atomic mass is 10.1. The third-order valence-corrected chi connectivity index (χ3v) is 5.08. The zero-order chi connectivity index (χ0) is 21.6. The second-order valence-corrected chi connectivity index (χ2v) is 7.25. The fraction of sp³-hybridized carbons (Fsp3) is 0.300. The predicted octanol–water partition coefficient (Wildman–Crippen LogP) is 4.49. The van der Waals surface area contributed by atoms with Crippen LogP contribution in [0.2, 0.25) is 15.1 Å². The van der Waals surface area contributed by atoms with Gasteiger partial charge in [0, 0.05) is 6.54 Å². The van der Waals surface area contributed by atoms with Crippen molar-refractivity contribution in [3.63, 3.8) is 0 Å². The molecule has 156 valence electrons. The molecule has 2 aromatic rings. The highest BCUT2D eigenvalue weighted by Gasteiger charge is 2.19. The maximum atomic E-state index is 12.4. The molecule has 0 fully saturated rings. The zero-order valence-electron chi connectivity index (χ0n) is 16.1. The minimum atomic E-state index is -0.794. The van der Waals surface area contributed by atoms with Gasteiger partial charge in [0.1, 0.15) is 6.04 Å². The summed E-state index contributed by atoms with van der Waals surface area (Å²) in [7, 11) is 1.51. The largest absolute Gasteiger partial charge is 0.493 e. The van der Waals surface area contributed by atoms with Gasteiger partial charge in [-0.2, -0.15) is 0 Å². The lowest BCUT2D eigenvalue weighted by Gasteiger charge is -2.16. The summed E-state index contributed by atoms with van der Waals surface area (Å²) in [6.07, 6.45) is 0. The van der Waals surface area contributed by atoms with E-state index in [1.807, 2.05) is 6.92 Å². The Kier molecular flexibility index (Phi) is 8.44. The molecule has 1 unspecified atom stereocenters. The first-order valence-corrected chi connectivity index (χ1v) is 9.93. The minimum Gasteiger partial charge on any atom is -0.493 e. The summed E-state index contributed by atoms with van der Waals surface area (Å²) in [6, 6.07) is 7.33. The SMILES string of the molecule is CCOc1c(Cl)cc(CNC(=O)C(C)NC(=O)c2cccc(Cl)c2Cl)cc1OC. The highest BCUT2D eigenvalue weighted by molar-refractivity contribution is 6.43. The highest BCUT2D eigenvalue weighted by atomic mass is 35.5. The first kappa shape index (κ1) is 23.1. The molecule has 6 nitrogen and oxygen atoms in total. The van der Waals surface area contributed by atoms with Crippen LogP contribution in [0.3, 0.4) is 0 Å². The molecule has 2 amide bonds. The molecule has 0 aliphatic rings. The molecule has 0 aromatic heterocycles. The number of methoxy groups -OCH3 is 1. The van der Waals surface area contributed by atoms with E-state index in [0.717, 1.165) is 5.56 Å². The van der Waals surface area contributed by atoms with Gasteiger partial charge in [-0.3, -0.25) is 9.59 Å². The van der Waals surface area contributed by atoms with Gasteiger partial charge >= 0.3 is 0 Å². The molecule has 1 atom stereocenters. The van der Waals surface area contributed by atoms with Gasteiger partial charge in [0.25, 0.3) is 5.91 Å². The summed E-state index contributed by atoms with van der Waals surface area (Å²) in [5.74, 6) is 0.0535. The number of hydrogen-bond donors (Lipinski definition) is 2. The molecule has 0 saturated carbocycles. The summed E-state index contributed by atoms with van der Waals surface area (Å²) >= 11 is 18.2. The first-order chi connectivity index (χ1) is 13.8. The van der Waals surface area contributed by atoms with Crippen LogP contribution in [-0.4, -0.2) is 31.6 Å². The van der Waals surface area contributed by atoms with Crippen molar-refractivity contribution in [1.82, 2.24) is 10.6 Å². The average molecular weight is 460 g/mol. The number of halogens is 3.